The zero-order valence-corrected chi connectivity index (χ0v) is 14.8. The van der Waals surface area contributed by atoms with Crippen molar-refractivity contribution < 1.29 is 18.9 Å². The first-order chi connectivity index (χ1) is 13.5. The number of hydrogen-bond donors (Lipinski definition) is 2. The van der Waals surface area contributed by atoms with E-state index in [2.05, 4.69) is 10.5 Å². The number of nitrogen functional groups attached to an aromatic ring is 1. The zero-order chi connectivity index (χ0) is 20.1. The van der Waals surface area contributed by atoms with Gasteiger partial charge in [-0.25, -0.2) is 5.43 Å². The second-order valence-corrected chi connectivity index (χ2v) is 5.63. The van der Waals surface area contributed by atoms with Gasteiger partial charge in [-0.2, -0.15) is 5.10 Å². The number of para-hydroxylation sites is 1. The van der Waals surface area contributed by atoms with Crippen LogP contribution in [-0.4, -0.2) is 24.2 Å². The predicted molar refractivity (Wildman–Crippen MR) is 103 cm³/mol. The summed E-state index contributed by atoms with van der Waals surface area (Å²) in [4.78, 5) is 22.4. The smallest absolute Gasteiger partial charge is 0.273 e. The minimum absolute atomic E-state index is 0.0863. The topological polar surface area (TPSA) is 133 Å². The third-order valence-corrected chi connectivity index (χ3v) is 3.85. The lowest BCUT2D eigenvalue weighted by Crippen LogP contribution is -2.18. The third-order valence-electron chi connectivity index (χ3n) is 3.85. The Morgan fingerprint density at radius 1 is 1.25 bits per heavy atom. The Hall–Kier alpha value is -4.14. The molecule has 2 aromatic carbocycles. The lowest BCUT2D eigenvalue weighted by Gasteiger charge is -2.05. The SMILES string of the molecule is COc1cc([N+](=O)[O-])ccc1-c1ccc(/C=N\NC(=O)c2ccccc2N)o1. The molecular weight excluding hydrogens is 364 g/mol. The molecule has 28 heavy (non-hydrogen) atoms. The van der Waals surface area contributed by atoms with Gasteiger partial charge < -0.3 is 14.9 Å². The van der Waals surface area contributed by atoms with Gasteiger partial charge in [-0.1, -0.05) is 12.1 Å². The van der Waals surface area contributed by atoms with Crippen LogP contribution in [0.25, 0.3) is 11.3 Å². The first-order valence-electron chi connectivity index (χ1n) is 8.10. The number of hydrogen-bond acceptors (Lipinski definition) is 7. The molecule has 0 atom stereocenters. The Morgan fingerprint density at radius 3 is 2.75 bits per heavy atom. The van der Waals surface area contributed by atoms with Crippen molar-refractivity contribution in [3.63, 3.8) is 0 Å². The van der Waals surface area contributed by atoms with E-state index in [1.165, 1.54) is 31.5 Å². The van der Waals surface area contributed by atoms with Crippen LogP contribution in [0.4, 0.5) is 11.4 Å². The number of nitrogens with two attached hydrogens (primary N) is 1. The molecule has 0 aliphatic heterocycles. The molecule has 3 rings (SSSR count). The zero-order valence-electron chi connectivity index (χ0n) is 14.8. The van der Waals surface area contributed by atoms with Crippen LogP contribution in [0.3, 0.4) is 0 Å². The van der Waals surface area contributed by atoms with Crippen molar-refractivity contribution >= 4 is 23.5 Å². The van der Waals surface area contributed by atoms with Crippen LogP contribution in [0.15, 0.2) is 64.1 Å². The van der Waals surface area contributed by atoms with Crippen molar-refractivity contribution in [2.75, 3.05) is 12.8 Å². The Kier molecular flexibility index (Phi) is 5.35. The average molecular weight is 380 g/mol. The van der Waals surface area contributed by atoms with Crippen LogP contribution < -0.4 is 15.9 Å². The van der Waals surface area contributed by atoms with Gasteiger partial charge in [0.05, 0.1) is 35.4 Å². The van der Waals surface area contributed by atoms with E-state index in [-0.39, 0.29) is 5.69 Å². The minimum Gasteiger partial charge on any atom is -0.496 e. The fourth-order valence-corrected chi connectivity index (χ4v) is 2.48. The minimum atomic E-state index is -0.505. The number of nitro groups is 1. The van der Waals surface area contributed by atoms with Gasteiger partial charge in [-0.05, 0) is 30.3 Å². The summed E-state index contributed by atoms with van der Waals surface area (Å²) in [5.74, 6) is 0.668. The Bertz CT molecular complexity index is 1060. The van der Waals surface area contributed by atoms with Crippen LogP contribution in [0.5, 0.6) is 5.75 Å². The van der Waals surface area contributed by atoms with E-state index in [4.69, 9.17) is 14.9 Å². The highest BCUT2D eigenvalue weighted by atomic mass is 16.6. The summed E-state index contributed by atoms with van der Waals surface area (Å²) in [6, 6.07) is 14.2. The molecule has 9 nitrogen and oxygen atoms in total. The number of ether oxygens (including phenoxy) is 1. The van der Waals surface area contributed by atoms with E-state index < -0.39 is 10.8 Å². The second-order valence-electron chi connectivity index (χ2n) is 5.63. The molecule has 142 valence electrons. The molecule has 0 aliphatic rings. The molecular formula is C19H16N4O5. The largest absolute Gasteiger partial charge is 0.496 e. The maximum absolute atomic E-state index is 12.0. The fraction of sp³-hybridized carbons (Fsp3) is 0.0526. The molecule has 0 fully saturated rings. The molecule has 1 aromatic heterocycles. The number of amides is 1. The Morgan fingerprint density at radius 2 is 2.04 bits per heavy atom. The normalized spacial score (nSPS) is 10.8. The number of furan rings is 1. The summed E-state index contributed by atoms with van der Waals surface area (Å²) in [6.45, 7) is 0. The van der Waals surface area contributed by atoms with E-state index in [1.807, 2.05) is 0 Å². The molecule has 0 bridgehead atoms. The highest BCUT2D eigenvalue weighted by Crippen LogP contribution is 2.34. The highest BCUT2D eigenvalue weighted by Gasteiger charge is 2.15. The molecule has 0 spiro atoms. The predicted octanol–water partition coefficient (Wildman–Crippen LogP) is 3.21. The summed E-state index contributed by atoms with van der Waals surface area (Å²) in [5, 5.41) is 14.7. The maximum atomic E-state index is 12.0. The first-order valence-corrected chi connectivity index (χ1v) is 8.10. The standard InChI is InChI=1S/C19H16N4O5/c1-27-18-10-12(23(25)26)6-8-15(18)17-9-7-13(28-17)11-21-22-19(24)14-4-2-3-5-16(14)20/h2-11H,20H2,1H3,(H,22,24)/b21-11-. The molecule has 0 saturated heterocycles. The number of rotatable bonds is 6. The fourth-order valence-electron chi connectivity index (χ4n) is 2.48. The highest BCUT2D eigenvalue weighted by molar-refractivity contribution is 5.99. The number of carbonyl (C=O) groups is 1. The summed E-state index contributed by atoms with van der Waals surface area (Å²) in [6.07, 6.45) is 1.33. The average Bonchev–Trinajstić information content (AvgIpc) is 3.16. The van der Waals surface area contributed by atoms with Gasteiger partial charge in [0, 0.05) is 11.8 Å². The number of nitrogens with one attached hydrogen (secondary N) is 1. The van der Waals surface area contributed by atoms with Gasteiger partial charge in [0.25, 0.3) is 11.6 Å². The molecule has 1 heterocycles. The Labute approximate surface area is 159 Å². The van der Waals surface area contributed by atoms with Crippen LogP contribution in [0, 0.1) is 10.1 Å². The van der Waals surface area contributed by atoms with Crippen LogP contribution in [0.2, 0.25) is 0 Å². The number of benzene rings is 2. The summed E-state index contributed by atoms with van der Waals surface area (Å²) in [7, 11) is 1.42. The molecule has 0 saturated carbocycles. The van der Waals surface area contributed by atoms with Gasteiger partial charge in [0.15, 0.2) is 0 Å². The van der Waals surface area contributed by atoms with Crippen LogP contribution >= 0.6 is 0 Å². The van der Waals surface area contributed by atoms with Crippen LogP contribution in [-0.2, 0) is 0 Å². The summed E-state index contributed by atoms with van der Waals surface area (Å²) in [5.41, 5.74) is 9.24. The van der Waals surface area contributed by atoms with Crippen molar-refractivity contribution in [2.24, 2.45) is 5.10 Å². The molecule has 3 aromatic rings. The number of methoxy groups -OCH3 is 1. The number of carbonyl (C=O) groups excluding carboxylic acids is 1. The third kappa shape index (κ3) is 3.98. The van der Waals surface area contributed by atoms with Gasteiger partial charge in [0.2, 0.25) is 0 Å². The monoisotopic (exact) mass is 380 g/mol. The van der Waals surface area contributed by atoms with E-state index in [1.54, 1.807) is 36.4 Å². The quantitative estimate of drug-likeness (QED) is 0.292. The van der Waals surface area contributed by atoms with E-state index in [0.29, 0.717) is 34.1 Å². The molecule has 3 N–H and O–H groups in total. The van der Waals surface area contributed by atoms with Gasteiger partial charge >= 0.3 is 0 Å². The first kappa shape index (κ1) is 18.6. The van der Waals surface area contributed by atoms with E-state index >= 15 is 0 Å². The van der Waals surface area contributed by atoms with Crippen molar-refractivity contribution in [3.05, 3.63) is 76.0 Å². The number of anilines is 1. The molecule has 0 unspecified atom stereocenters. The summed E-state index contributed by atoms with van der Waals surface area (Å²) < 4.78 is 10.9. The van der Waals surface area contributed by atoms with Crippen molar-refractivity contribution in [2.45, 2.75) is 0 Å². The number of hydrazone groups is 1. The van der Waals surface area contributed by atoms with E-state index in [9.17, 15) is 14.9 Å². The van der Waals surface area contributed by atoms with Crippen molar-refractivity contribution in [1.29, 1.82) is 0 Å². The van der Waals surface area contributed by atoms with Gasteiger partial charge in [0.1, 0.15) is 17.3 Å². The Balaban J connectivity index is 1.74. The number of nitro benzene ring substituents is 1. The lowest BCUT2D eigenvalue weighted by molar-refractivity contribution is -0.384. The van der Waals surface area contributed by atoms with Crippen LogP contribution in [0.1, 0.15) is 16.1 Å². The molecule has 1 amide bonds. The van der Waals surface area contributed by atoms with Gasteiger partial charge in [-0.3, -0.25) is 14.9 Å². The van der Waals surface area contributed by atoms with Gasteiger partial charge in [-0.15, -0.1) is 0 Å². The molecule has 9 heteroatoms. The molecule has 0 radical (unpaired) electrons. The summed E-state index contributed by atoms with van der Waals surface area (Å²) >= 11 is 0. The maximum Gasteiger partial charge on any atom is 0.273 e. The number of nitrogens with zero attached hydrogens (tertiary/aromatic N) is 2. The number of non-ortho nitro benzene ring substituents is 1. The lowest BCUT2D eigenvalue weighted by atomic mass is 10.1. The van der Waals surface area contributed by atoms with Crippen molar-refractivity contribution in [3.8, 4) is 17.1 Å². The second kappa shape index (κ2) is 8.04. The van der Waals surface area contributed by atoms with E-state index in [0.717, 1.165) is 0 Å². The van der Waals surface area contributed by atoms with Crippen molar-refractivity contribution in [1.82, 2.24) is 5.43 Å². The molecule has 0 aliphatic carbocycles.